The topological polar surface area (TPSA) is 29.9 Å². The number of aromatic nitrogens is 2. The van der Waals surface area contributed by atoms with Crippen LogP contribution in [0.15, 0.2) is 36.5 Å². The Balaban J connectivity index is 2.16. The molecule has 0 amide bonds. The molecule has 3 nitrogen and oxygen atoms in total. The van der Waals surface area contributed by atoms with Gasteiger partial charge in [-0.25, -0.2) is 0 Å². The van der Waals surface area contributed by atoms with Crippen LogP contribution >= 0.6 is 0 Å². The lowest BCUT2D eigenvalue weighted by molar-refractivity contribution is 0.468. The zero-order valence-electron chi connectivity index (χ0n) is 13.5. The van der Waals surface area contributed by atoms with Gasteiger partial charge in [0.15, 0.2) is 0 Å². The second kappa shape index (κ2) is 7.99. The van der Waals surface area contributed by atoms with E-state index < -0.39 is 0 Å². The molecule has 0 radical (unpaired) electrons. The van der Waals surface area contributed by atoms with E-state index in [1.165, 1.54) is 16.8 Å². The molecule has 1 heterocycles. The quantitative estimate of drug-likeness (QED) is 0.797. The first-order chi connectivity index (χ1) is 10.2. The zero-order valence-corrected chi connectivity index (χ0v) is 13.5. The van der Waals surface area contributed by atoms with E-state index in [0.717, 1.165) is 32.4 Å². The summed E-state index contributed by atoms with van der Waals surface area (Å²) in [7, 11) is 0. The molecular weight excluding hydrogens is 258 g/mol. The fourth-order valence-electron chi connectivity index (χ4n) is 2.60. The molecule has 1 N–H and O–H groups in total. The van der Waals surface area contributed by atoms with E-state index >= 15 is 0 Å². The molecule has 21 heavy (non-hydrogen) atoms. The Labute approximate surface area is 128 Å². The van der Waals surface area contributed by atoms with Crippen LogP contribution < -0.4 is 5.32 Å². The van der Waals surface area contributed by atoms with Gasteiger partial charge in [0.05, 0.1) is 11.7 Å². The molecule has 0 aliphatic rings. The van der Waals surface area contributed by atoms with Crippen LogP contribution in [0, 0.1) is 6.92 Å². The Morgan fingerprint density at radius 2 is 1.86 bits per heavy atom. The lowest BCUT2D eigenvalue weighted by Gasteiger charge is -2.20. The maximum absolute atomic E-state index is 4.47. The highest BCUT2D eigenvalue weighted by molar-refractivity contribution is 5.23. The maximum atomic E-state index is 4.47. The Kier molecular flexibility index (Phi) is 6.00. The second-order valence-electron chi connectivity index (χ2n) is 5.68. The molecule has 0 aliphatic carbocycles. The minimum Gasteiger partial charge on any atom is -0.308 e. The largest absolute Gasteiger partial charge is 0.308 e. The van der Waals surface area contributed by atoms with Crippen molar-refractivity contribution in [3.8, 4) is 0 Å². The summed E-state index contributed by atoms with van der Waals surface area (Å²) in [6.45, 7) is 8.56. The zero-order chi connectivity index (χ0) is 15.1. The van der Waals surface area contributed by atoms with Crippen LogP contribution in [0.3, 0.4) is 0 Å². The van der Waals surface area contributed by atoms with Crippen molar-refractivity contribution in [2.45, 2.75) is 52.6 Å². The predicted molar refractivity (Wildman–Crippen MR) is 88.4 cm³/mol. The molecule has 1 unspecified atom stereocenters. The van der Waals surface area contributed by atoms with Gasteiger partial charge in [-0.2, -0.15) is 5.10 Å². The number of rotatable bonds is 8. The van der Waals surface area contributed by atoms with Gasteiger partial charge in [-0.3, -0.25) is 4.68 Å². The Hall–Kier alpha value is -1.61. The molecule has 1 aromatic carbocycles. The molecule has 2 aromatic rings. The summed E-state index contributed by atoms with van der Waals surface area (Å²) in [5.74, 6) is 0. The molecule has 114 valence electrons. The number of nitrogens with zero attached hydrogens (tertiary/aromatic N) is 2. The lowest BCUT2D eigenvalue weighted by atomic mass is 10.0. The molecule has 3 heteroatoms. The molecule has 0 saturated heterocycles. The van der Waals surface area contributed by atoms with Crippen LogP contribution in [0.1, 0.15) is 49.6 Å². The third-order valence-corrected chi connectivity index (χ3v) is 3.74. The molecule has 0 fully saturated rings. The van der Waals surface area contributed by atoms with E-state index in [4.69, 9.17) is 0 Å². The van der Waals surface area contributed by atoms with E-state index in [0.29, 0.717) is 6.04 Å². The summed E-state index contributed by atoms with van der Waals surface area (Å²) in [5, 5.41) is 8.14. The minimum atomic E-state index is 0.335. The maximum Gasteiger partial charge on any atom is 0.0556 e. The van der Waals surface area contributed by atoms with Crippen LogP contribution in [0.2, 0.25) is 0 Å². The first-order valence-electron chi connectivity index (χ1n) is 8.05. The SMILES string of the molecule is CCCNC(Cc1ccc(C)cc1)c1ccnn1CCC. The summed E-state index contributed by atoms with van der Waals surface area (Å²) >= 11 is 0. The van der Waals surface area contributed by atoms with Crippen LogP contribution in [0.25, 0.3) is 0 Å². The number of hydrogen-bond donors (Lipinski definition) is 1. The molecule has 1 aromatic heterocycles. The van der Waals surface area contributed by atoms with Gasteiger partial charge in [-0.05, 0) is 44.4 Å². The first kappa shape index (κ1) is 15.8. The van der Waals surface area contributed by atoms with Crippen molar-refractivity contribution in [2.75, 3.05) is 6.54 Å². The number of aryl methyl sites for hydroxylation is 2. The predicted octanol–water partition coefficient (Wildman–Crippen LogP) is 3.88. The van der Waals surface area contributed by atoms with Gasteiger partial charge in [-0.1, -0.05) is 43.7 Å². The molecular formula is C18H27N3. The smallest absolute Gasteiger partial charge is 0.0556 e. The average molecular weight is 285 g/mol. The van der Waals surface area contributed by atoms with Crippen molar-refractivity contribution in [1.82, 2.24) is 15.1 Å². The Morgan fingerprint density at radius 3 is 2.52 bits per heavy atom. The standard InChI is InChI=1S/C18H27N3/c1-4-11-19-17(14-16-8-6-15(3)7-9-16)18-10-12-20-21(18)13-5-2/h6-10,12,17,19H,4-5,11,13-14H2,1-3H3. The van der Waals surface area contributed by atoms with Crippen molar-refractivity contribution in [3.63, 3.8) is 0 Å². The van der Waals surface area contributed by atoms with Crippen molar-refractivity contribution < 1.29 is 0 Å². The summed E-state index contributed by atoms with van der Waals surface area (Å²) in [4.78, 5) is 0. The van der Waals surface area contributed by atoms with Gasteiger partial charge < -0.3 is 5.32 Å². The van der Waals surface area contributed by atoms with Crippen molar-refractivity contribution in [1.29, 1.82) is 0 Å². The normalized spacial score (nSPS) is 12.5. The van der Waals surface area contributed by atoms with Crippen LogP contribution in [0.5, 0.6) is 0 Å². The van der Waals surface area contributed by atoms with E-state index in [1.807, 2.05) is 6.20 Å². The minimum absolute atomic E-state index is 0.335. The summed E-state index contributed by atoms with van der Waals surface area (Å²) in [6, 6.07) is 11.3. The van der Waals surface area contributed by atoms with Gasteiger partial charge in [0.2, 0.25) is 0 Å². The van der Waals surface area contributed by atoms with Crippen molar-refractivity contribution >= 4 is 0 Å². The highest BCUT2D eigenvalue weighted by atomic mass is 15.3. The average Bonchev–Trinajstić information content (AvgIpc) is 2.94. The lowest BCUT2D eigenvalue weighted by Crippen LogP contribution is -2.26. The third-order valence-electron chi connectivity index (χ3n) is 3.74. The first-order valence-corrected chi connectivity index (χ1v) is 8.05. The van der Waals surface area contributed by atoms with Crippen molar-refractivity contribution in [3.05, 3.63) is 53.3 Å². The summed E-state index contributed by atoms with van der Waals surface area (Å²) < 4.78 is 2.14. The van der Waals surface area contributed by atoms with Gasteiger partial charge in [0.25, 0.3) is 0 Å². The van der Waals surface area contributed by atoms with Gasteiger partial charge >= 0.3 is 0 Å². The molecule has 0 saturated carbocycles. The Bertz CT molecular complexity index is 528. The van der Waals surface area contributed by atoms with Crippen LogP contribution in [-0.2, 0) is 13.0 Å². The number of benzene rings is 1. The molecule has 2 rings (SSSR count). The molecule has 0 aliphatic heterocycles. The highest BCUT2D eigenvalue weighted by Crippen LogP contribution is 2.19. The number of hydrogen-bond acceptors (Lipinski definition) is 2. The van der Waals surface area contributed by atoms with E-state index in [1.54, 1.807) is 0 Å². The van der Waals surface area contributed by atoms with E-state index in [-0.39, 0.29) is 0 Å². The summed E-state index contributed by atoms with van der Waals surface area (Å²) in [6.07, 6.45) is 5.18. The number of nitrogens with one attached hydrogen (secondary N) is 1. The van der Waals surface area contributed by atoms with Gasteiger partial charge in [-0.15, -0.1) is 0 Å². The highest BCUT2D eigenvalue weighted by Gasteiger charge is 2.15. The monoisotopic (exact) mass is 285 g/mol. The van der Waals surface area contributed by atoms with Gasteiger partial charge in [0, 0.05) is 12.7 Å². The van der Waals surface area contributed by atoms with Gasteiger partial charge in [0.1, 0.15) is 0 Å². The van der Waals surface area contributed by atoms with Crippen LogP contribution in [0.4, 0.5) is 0 Å². The van der Waals surface area contributed by atoms with Crippen LogP contribution in [-0.4, -0.2) is 16.3 Å². The second-order valence-corrected chi connectivity index (χ2v) is 5.68. The third kappa shape index (κ3) is 4.43. The summed E-state index contributed by atoms with van der Waals surface area (Å²) in [5.41, 5.74) is 3.98. The Morgan fingerprint density at radius 1 is 1.10 bits per heavy atom. The van der Waals surface area contributed by atoms with E-state index in [9.17, 15) is 0 Å². The fraction of sp³-hybridized carbons (Fsp3) is 0.500. The molecule has 0 spiro atoms. The molecule has 1 atom stereocenters. The fourth-order valence-corrected chi connectivity index (χ4v) is 2.60. The van der Waals surface area contributed by atoms with Crippen molar-refractivity contribution in [2.24, 2.45) is 0 Å². The molecule has 0 bridgehead atoms. The van der Waals surface area contributed by atoms with E-state index in [2.05, 4.69) is 66.2 Å².